The average molecular weight is 211 g/mol. The second-order valence-electron chi connectivity index (χ2n) is 4.48. The maximum atomic E-state index is 2.55. The highest BCUT2D eigenvalue weighted by molar-refractivity contribution is 5.46. The first kappa shape index (κ1) is 9.86. The van der Waals surface area contributed by atoms with E-state index in [4.69, 9.17) is 0 Å². The molecule has 0 saturated carbocycles. The third-order valence-electron chi connectivity index (χ3n) is 3.54. The molecule has 1 heteroatoms. The molecule has 0 amide bonds. The van der Waals surface area contributed by atoms with Gasteiger partial charge in [-0.05, 0) is 17.5 Å². The number of hydrogen-bond acceptors (Lipinski definition) is 1. The third kappa shape index (κ3) is 1.35. The SMILES string of the molecule is CC/C=C/CN1C2C=CC1c1ccccc12. The number of rotatable bonds is 3. The van der Waals surface area contributed by atoms with E-state index in [-0.39, 0.29) is 0 Å². The maximum Gasteiger partial charge on any atom is 0.0547 e. The van der Waals surface area contributed by atoms with E-state index in [1.807, 2.05) is 0 Å². The second-order valence-corrected chi connectivity index (χ2v) is 4.48. The zero-order valence-electron chi connectivity index (χ0n) is 9.63. The Labute approximate surface area is 97.1 Å². The van der Waals surface area contributed by atoms with Crippen LogP contribution in [0.15, 0.2) is 48.6 Å². The van der Waals surface area contributed by atoms with Crippen molar-refractivity contribution in [3.05, 3.63) is 59.7 Å². The molecule has 0 N–H and O–H groups in total. The van der Waals surface area contributed by atoms with E-state index < -0.39 is 0 Å². The van der Waals surface area contributed by atoms with Gasteiger partial charge in [0.2, 0.25) is 0 Å². The van der Waals surface area contributed by atoms with Gasteiger partial charge in [-0.3, -0.25) is 4.90 Å². The fourth-order valence-electron chi connectivity index (χ4n) is 2.81. The van der Waals surface area contributed by atoms with Crippen molar-refractivity contribution >= 4 is 0 Å². The highest BCUT2D eigenvalue weighted by Crippen LogP contribution is 2.47. The number of hydrogen-bond donors (Lipinski definition) is 0. The molecule has 2 heterocycles. The molecule has 1 nitrogen and oxygen atoms in total. The van der Waals surface area contributed by atoms with E-state index in [1.54, 1.807) is 0 Å². The van der Waals surface area contributed by atoms with Crippen LogP contribution in [-0.4, -0.2) is 11.4 Å². The van der Waals surface area contributed by atoms with Crippen molar-refractivity contribution in [1.82, 2.24) is 4.90 Å². The summed E-state index contributed by atoms with van der Waals surface area (Å²) in [7, 11) is 0. The summed E-state index contributed by atoms with van der Waals surface area (Å²) < 4.78 is 0. The molecule has 2 bridgehead atoms. The fraction of sp³-hybridized carbons (Fsp3) is 0.333. The zero-order chi connectivity index (χ0) is 11.0. The Morgan fingerprint density at radius 2 is 1.69 bits per heavy atom. The largest absolute Gasteiger partial charge is 0.279 e. The quantitative estimate of drug-likeness (QED) is 0.690. The summed E-state index contributed by atoms with van der Waals surface area (Å²) in [5.41, 5.74) is 3.00. The van der Waals surface area contributed by atoms with Crippen molar-refractivity contribution in [2.75, 3.05) is 6.54 Å². The van der Waals surface area contributed by atoms with Gasteiger partial charge in [0.15, 0.2) is 0 Å². The molecule has 0 spiro atoms. The first-order valence-corrected chi connectivity index (χ1v) is 6.09. The Kier molecular flexibility index (Phi) is 2.41. The highest BCUT2D eigenvalue weighted by Gasteiger charge is 2.38. The molecule has 2 unspecified atom stereocenters. The van der Waals surface area contributed by atoms with Crippen molar-refractivity contribution in [1.29, 1.82) is 0 Å². The molecule has 2 aliphatic rings. The summed E-state index contributed by atoms with van der Waals surface area (Å²) >= 11 is 0. The van der Waals surface area contributed by atoms with Crippen LogP contribution in [0.4, 0.5) is 0 Å². The van der Waals surface area contributed by atoms with Crippen LogP contribution in [0, 0.1) is 0 Å². The summed E-state index contributed by atoms with van der Waals surface area (Å²) in [6, 6.07) is 9.85. The van der Waals surface area contributed by atoms with Crippen molar-refractivity contribution in [2.45, 2.75) is 25.4 Å². The lowest BCUT2D eigenvalue weighted by atomic mass is 9.97. The van der Waals surface area contributed by atoms with E-state index >= 15 is 0 Å². The van der Waals surface area contributed by atoms with E-state index in [9.17, 15) is 0 Å². The second kappa shape index (κ2) is 3.91. The standard InChI is InChI=1S/C15H17N/c1-2-3-6-11-16-14-9-10-15(16)13-8-5-4-7-12(13)14/h3-10,14-15H,2,11H2,1H3/b6-3+. The fourth-order valence-corrected chi connectivity index (χ4v) is 2.81. The minimum Gasteiger partial charge on any atom is -0.279 e. The van der Waals surface area contributed by atoms with Crippen LogP contribution in [0.5, 0.6) is 0 Å². The Morgan fingerprint density at radius 1 is 1.06 bits per heavy atom. The lowest BCUT2D eigenvalue weighted by Gasteiger charge is -2.20. The summed E-state index contributed by atoms with van der Waals surface area (Å²) in [6.07, 6.45) is 10.4. The van der Waals surface area contributed by atoms with Gasteiger partial charge in [-0.2, -0.15) is 0 Å². The molecular formula is C15H17N. The molecule has 16 heavy (non-hydrogen) atoms. The molecule has 0 fully saturated rings. The van der Waals surface area contributed by atoms with E-state index in [1.165, 1.54) is 11.1 Å². The van der Waals surface area contributed by atoms with Gasteiger partial charge < -0.3 is 0 Å². The van der Waals surface area contributed by atoms with Crippen LogP contribution < -0.4 is 0 Å². The first-order chi connectivity index (χ1) is 7.92. The minimum absolute atomic E-state index is 0.516. The maximum absolute atomic E-state index is 2.55. The van der Waals surface area contributed by atoms with Crippen molar-refractivity contribution in [3.8, 4) is 0 Å². The molecule has 0 radical (unpaired) electrons. The Bertz CT molecular complexity index is 412. The lowest BCUT2D eigenvalue weighted by Crippen LogP contribution is -2.20. The van der Waals surface area contributed by atoms with E-state index in [0.29, 0.717) is 12.1 Å². The summed E-state index contributed by atoms with van der Waals surface area (Å²) in [4.78, 5) is 2.55. The average Bonchev–Trinajstić information content (AvgIpc) is 2.86. The topological polar surface area (TPSA) is 3.24 Å². The smallest absolute Gasteiger partial charge is 0.0547 e. The molecule has 3 rings (SSSR count). The Morgan fingerprint density at radius 3 is 2.25 bits per heavy atom. The number of nitrogens with zero attached hydrogens (tertiary/aromatic N) is 1. The van der Waals surface area contributed by atoms with Crippen LogP contribution >= 0.6 is 0 Å². The predicted octanol–water partition coefficient (Wildman–Crippen LogP) is 3.62. The summed E-state index contributed by atoms with van der Waals surface area (Å²) in [6.45, 7) is 3.24. The molecule has 1 aromatic carbocycles. The number of allylic oxidation sites excluding steroid dienone is 1. The first-order valence-electron chi connectivity index (χ1n) is 6.09. The summed E-state index contributed by atoms with van der Waals surface area (Å²) in [5, 5.41) is 0. The molecular weight excluding hydrogens is 194 g/mol. The van der Waals surface area contributed by atoms with Crippen LogP contribution in [-0.2, 0) is 0 Å². The van der Waals surface area contributed by atoms with Crippen molar-refractivity contribution in [3.63, 3.8) is 0 Å². The number of benzene rings is 1. The molecule has 1 aromatic rings. The van der Waals surface area contributed by atoms with Gasteiger partial charge in [0.25, 0.3) is 0 Å². The van der Waals surface area contributed by atoms with E-state index in [0.717, 1.165) is 13.0 Å². The van der Waals surface area contributed by atoms with Gasteiger partial charge in [0, 0.05) is 6.54 Å². The minimum atomic E-state index is 0.516. The third-order valence-corrected chi connectivity index (χ3v) is 3.54. The van der Waals surface area contributed by atoms with E-state index in [2.05, 4.69) is 60.4 Å². The zero-order valence-corrected chi connectivity index (χ0v) is 9.63. The molecule has 2 atom stereocenters. The molecule has 0 saturated heterocycles. The van der Waals surface area contributed by atoms with Crippen molar-refractivity contribution < 1.29 is 0 Å². The summed E-state index contributed by atoms with van der Waals surface area (Å²) in [5.74, 6) is 0. The van der Waals surface area contributed by atoms with Crippen LogP contribution in [0.1, 0.15) is 36.6 Å². The van der Waals surface area contributed by atoms with Gasteiger partial charge in [0.1, 0.15) is 0 Å². The Hall–Kier alpha value is -1.34. The predicted molar refractivity (Wildman–Crippen MR) is 67.2 cm³/mol. The molecule has 2 aliphatic heterocycles. The molecule has 82 valence electrons. The monoisotopic (exact) mass is 211 g/mol. The van der Waals surface area contributed by atoms with Gasteiger partial charge in [-0.15, -0.1) is 0 Å². The van der Waals surface area contributed by atoms with Gasteiger partial charge in [-0.1, -0.05) is 55.5 Å². The number of fused-ring (bicyclic) bond motifs is 5. The van der Waals surface area contributed by atoms with Crippen LogP contribution in [0.3, 0.4) is 0 Å². The highest BCUT2D eigenvalue weighted by atomic mass is 15.2. The van der Waals surface area contributed by atoms with Crippen LogP contribution in [0.25, 0.3) is 0 Å². The lowest BCUT2D eigenvalue weighted by molar-refractivity contribution is 0.267. The molecule has 0 aliphatic carbocycles. The van der Waals surface area contributed by atoms with Gasteiger partial charge in [0.05, 0.1) is 12.1 Å². The van der Waals surface area contributed by atoms with Gasteiger partial charge in [-0.25, -0.2) is 0 Å². The van der Waals surface area contributed by atoms with Crippen LogP contribution in [0.2, 0.25) is 0 Å². The Balaban J connectivity index is 1.85. The normalized spacial score (nSPS) is 26.8. The molecule has 0 aromatic heterocycles. The van der Waals surface area contributed by atoms with Gasteiger partial charge >= 0.3 is 0 Å². The van der Waals surface area contributed by atoms with Crippen molar-refractivity contribution in [2.24, 2.45) is 0 Å².